The van der Waals surface area contributed by atoms with Crippen LogP contribution in [0.2, 0.25) is 0 Å². The fourth-order valence-electron chi connectivity index (χ4n) is 1.99. The second-order valence-electron chi connectivity index (χ2n) is 4.78. The molecule has 1 atom stereocenters. The van der Waals surface area contributed by atoms with Crippen molar-refractivity contribution in [2.24, 2.45) is 0 Å². The molecule has 0 aliphatic rings. The molecule has 0 spiro atoms. The molecule has 0 aromatic heterocycles. The van der Waals surface area contributed by atoms with Gasteiger partial charge in [0.1, 0.15) is 0 Å². The van der Waals surface area contributed by atoms with Gasteiger partial charge in [-0.15, -0.1) is 11.8 Å². The highest BCUT2D eigenvalue weighted by atomic mass is 79.9. The van der Waals surface area contributed by atoms with Gasteiger partial charge in [0.05, 0.1) is 0 Å². The quantitative estimate of drug-likeness (QED) is 0.583. The predicted molar refractivity (Wildman–Crippen MR) is 94.4 cm³/mol. The van der Waals surface area contributed by atoms with Crippen molar-refractivity contribution in [2.75, 3.05) is 16.4 Å². The fourth-order valence-corrected chi connectivity index (χ4v) is 3.93. The van der Waals surface area contributed by atoms with E-state index >= 15 is 0 Å². The van der Waals surface area contributed by atoms with Crippen molar-refractivity contribution >= 4 is 39.3 Å². The van der Waals surface area contributed by atoms with Gasteiger partial charge in [-0.25, -0.2) is 0 Å². The summed E-state index contributed by atoms with van der Waals surface area (Å²) in [5, 5.41) is 3.73. The predicted octanol–water partition coefficient (Wildman–Crippen LogP) is 4.92. The first-order chi connectivity index (χ1) is 10.2. The Labute approximate surface area is 138 Å². The van der Waals surface area contributed by atoms with Crippen LogP contribution >= 0.6 is 27.7 Å². The molecule has 2 nitrogen and oxygen atoms in total. The topological polar surface area (TPSA) is 29.1 Å². The number of halogens is 1. The number of hydrogen-bond acceptors (Lipinski definition) is 2. The minimum atomic E-state index is -0.0427. The Kier molecular flexibility index (Phi) is 6.33. The molecule has 0 fully saturated rings. The number of alkyl halides is 1. The van der Waals surface area contributed by atoms with Crippen LogP contribution < -0.4 is 5.32 Å². The molecule has 0 radical (unpaired) electrons. The Balaban J connectivity index is 1.94. The molecule has 4 heteroatoms. The maximum absolute atomic E-state index is 11.0. The summed E-state index contributed by atoms with van der Waals surface area (Å²) >= 11 is 5.44. The molecule has 2 aromatic rings. The SMILES string of the molecule is CC(=O)Nc1ccc(SCC(CBr)c2ccccc2)cc1. The third kappa shape index (κ3) is 5.21. The van der Waals surface area contributed by atoms with E-state index in [4.69, 9.17) is 0 Å². The summed E-state index contributed by atoms with van der Waals surface area (Å²) in [6, 6.07) is 18.5. The van der Waals surface area contributed by atoms with Gasteiger partial charge in [-0.3, -0.25) is 4.79 Å². The lowest BCUT2D eigenvalue weighted by molar-refractivity contribution is -0.114. The number of nitrogens with one attached hydrogen (secondary N) is 1. The molecule has 110 valence electrons. The van der Waals surface area contributed by atoms with E-state index in [-0.39, 0.29) is 5.91 Å². The Morgan fingerprint density at radius 3 is 2.38 bits per heavy atom. The van der Waals surface area contributed by atoms with Crippen molar-refractivity contribution in [2.45, 2.75) is 17.7 Å². The summed E-state index contributed by atoms with van der Waals surface area (Å²) in [4.78, 5) is 12.2. The molecule has 1 unspecified atom stereocenters. The van der Waals surface area contributed by atoms with Crippen molar-refractivity contribution in [3.8, 4) is 0 Å². The molecule has 1 amide bonds. The zero-order valence-corrected chi connectivity index (χ0v) is 14.3. The van der Waals surface area contributed by atoms with Crippen molar-refractivity contribution in [1.82, 2.24) is 0 Å². The van der Waals surface area contributed by atoms with E-state index in [0.717, 1.165) is 16.8 Å². The highest BCUT2D eigenvalue weighted by Crippen LogP contribution is 2.28. The summed E-state index contributed by atoms with van der Waals surface area (Å²) in [5.74, 6) is 1.47. The number of thioether (sulfide) groups is 1. The van der Waals surface area contributed by atoms with Crippen LogP contribution in [0.4, 0.5) is 5.69 Å². The maximum Gasteiger partial charge on any atom is 0.221 e. The third-order valence-electron chi connectivity index (χ3n) is 3.08. The lowest BCUT2D eigenvalue weighted by Gasteiger charge is -2.14. The monoisotopic (exact) mass is 363 g/mol. The summed E-state index contributed by atoms with van der Waals surface area (Å²) in [5.41, 5.74) is 2.20. The molecule has 0 aliphatic carbocycles. The van der Waals surface area contributed by atoms with Crippen molar-refractivity contribution in [1.29, 1.82) is 0 Å². The number of amides is 1. The standard InChI is InChI=1S/C17H18BrNOS/c1-13(20)19-16-7-9-17(10-8-16)21-12-15(11-18)14-5-3-2-4-6-14/h2-10,15H,11-12H2,1H3,(H,19,20). The van der Waals surface area contributed by atoms with E-state index in [1.54, 1.807) is 0 Å². The first-order valence-corrected chi connectivity index (χ1v) is 8.91. The zero-order valence-electron chi connectivity index (χ0n) is 11.9. The second kappa shape index (κ2) is 8.25. The van der Waals surface area contributed by atoms with Crippen LogP contribution in [-0.2, 0) is 4.79 Å². The van der Waals surface area contributed by atoms with Gasteiger partial charge in [0.2, 0.25) is 5.91 Å². The summed E-state index contributed by atoms with van der Waals surface area (Å²) in [6.07, 6.45) is 0. The first kappa shape index (κ1) is 16.1. The number of rotatable bonds is 6. The van der Waals surface area contributed by atoms with Gasteiger partial charge in [0.25, 0.3) is 0 Å². The highest BCUT2D eigenvalue weighted by molar-refractivity contribution is 9.09. The van der Waals surface area contributed by atoms with E-state index in [0.29, 0.717) is 5.92 Å². The average Bonchev–Trinajstić information content (AvgIpc) is 2.50. The molecule has 0 aliphatic heterocycles. The Morgan fingerprint density at radius 1 is 1.14 bits per heavy atom. The Bertz CT molecular complexity index is 571. The number of hydrogen-bond donors (Lipinski definition) is 1. The van der Waals surface area contributed by atoms with Gasteiger partial charge in [0, 0.05) is 34.5 Å². The van der Waals surface area contributed by atoms with Crippen molar-refractivity contribution in [3.63, 3.8) is 0 Å². The molecular weight excluding hydrogens is 346 g/mol. The van der Waals surface area contributed by atoms with Crippen LogP contribution in [0.3, 0.4) is 0 Å². The highest BCUT2D eigenvalue weighted by Gasteiger charge is 2.10. The molecule has 21 heavy (non-hydrogen) atoms. The first-order valence-electron chi connectivity index (χ1n) is 6.80. The molecule has 0 bridgehead atoms. The van der Waals surface area contributed by atoms with E-state index in [1.165, 1.54) is 17.4 Å². The van der Waals surface area contributed by atoms with Crippen LogP contribution in [0.25, 0.3) is 0 Å². The summed E-state index contributed by atoms with van der Waals surface area (Å²) in [6.45, 7) is 1.52. The van der Waals surface area contributed by atoms with Crippen LogP contribution in [-0.4, -0.2) is 17.0 Å². The number of carbonyl (C=O) groups excluding carboxylic acids is 1. The normalized spacial score (nSPS) is 11.9. The van der Waals surface area contributed by atoms with Crippen molar-refractivity contribution in [3.05, 3.63) is 60.2 Å². The van der Waals surface area contributed by atoms with Gasteiger partial charge >= 0.3 is 0 Å². The van der Waals surface area contributed by atoms with Crippen LogP contribution in [0.5, 0.6) is 0 Å². The van der Waals surface area contributed by atoms with Crippen molar-refractivity contribution < 1.29 is 4.79 Å². The van der Waals surface area contributed by atoms with Crippen LogP contribution in [0.1, 0.15) is 18.4 Å². The Morgan fingerprint density at radius 2 is 1.81 bits per heavy atom. The van der Waals surface area contributed by atoms with Gasteiger partial charge < -0.3 is 5.32 Å². The molecular formula is C17H18BrNOS. The molecule has 1 N–H and O–H groups in total. The fraction of sp³-hybridized carbons (Fsp3) is 0.235. The minimum Gasteiger partial charge on any atom is -0.326 e. The zero-order chi connectivity index (χ0) is 15.1. The number of benzene rings is 2. The molecule has 0 heterocycles. The van der Waals surface area contributed by atoms with Crippen LogP contribution in [0.15, 0.2) is 59.5 Å². The molecule has 0 saturated carbocycles. The van der Waals surface area contributed by atoms with E-state index in [1.807, 2.05) is 42.1 Å². The van der Waals surface area contributed by atoms with Gasteiger partial charge in [-0.2, -0.15) is 0 Å². The smallest absolute Gasteiger partial charge is 0.221 e. The van der Waals surface area contributed by atoms with E-state index < -0.39 is 0 Å². The average molecular weight is 364 g/mol. The largest absolute Gasteiger partial charge is 0.326 e. The van der Waals surface area contributed by atoms with Gasteiger partial charge in [-0.1, -0.05) is 46.3 Å². The molecule has 2 aromatic carbocycles. The number of carbonyl (C=O) groups is 1. The summed E-state index contributed by atoms with van der Waals surface area (Å²) < 4.78 is 0. The molecule has 2 rings (SSSR count). The van der Waals surface area contributed by atoms with Crippen LogP contribution in [0, 0.1) is 0 Å². The lowest BCUT2D eigenvalue weighted by atomic mass is 10.0. The van der Waals surface area contributed by atoms with E-state index in [2.05, 4.69) is 45.5 Å². The van der Waals surface area contributed by atoms with Gasteiger partial charge in [-0.05, 0) is 29.8 Å². The second-order valence-corrected chi connectivity index (χ2v) is 6.52. The maximum atomic E-state index is 11.0. The Hall–Kier alpha value is -1.26. The van der Waals surface area contributed by atoms with Gasteiger partial charge in [0.15, 0.2) is 0 Å². The minimum absolute atomic E-state index is 0.0427. The third-order valence-corrected chi connectivity index (χ3v) is 5.04. The van der Waals surface area contributed by atoms with E-state index in [9.17, 15) is 4.79 Å². The summed E-state index contributed by atoms with van der Waals surface area (Å²) in [7, 11) is 0. The number of anilines is 1. The molecule has 0 saturated heterocycles. The lowest BCUT2D eigenvalue weighted by Crippen LogP contribution is -2.05.